The maximum absolute atomic E-state index is 5.91. The number of H-pyrrole nitrogens is 1. The van der Waals surface area contributed by atoms with E-state index in [4.69, 9.17) is 4.42 Å². The average molecular weight is 286 g/mol. The lowest BCUT2D eigenvalue weighted by atomic mass is 10.2. The molecular formula is C14H14N4OS. The number of furan rings is 1. The fraction of sp³-hybridized carbons (Fsp3) is 0.286. The van der Waals surface area contributed by atoms with Crippen LogP contribution in [0, 0.1) is 0 Å². The van der Waals surface area contributed by atoms with E-state index in [1.807, 2.05) is 42.4 Å². The van der Waals surface area contributed by atoms with E-state index >= 15 is 0 Å². The highest BCUT2D eigenvalue weighted by Gasteiger charge is 2.21. The van der Waals surface area contributed by atoms with Crippen LogP contribution in [0.15, 0.2) is 41.2 Å². The van der Waals surface area contributed by atoms with E-state index in [0.717, 1.165) is 28.8 Å². The minimum atomic E-state index is 0.526. The Morgan fingerprint density at radius 3 is 3.00 bits per heavy atom. The Balaban J connectivity index is 1.70. The number of rotatable bonds is 3. The van der Waals surface area contributed by atoms with Crippen molar-refractivity contribution < 1.29 is 4.42 Å². The van der Waals surface area contributed by atoms with Gasteiger partial charge in [0.05, 0.1) is 0 Å². The summed E-state index contributed by atoms with van der Waals surface area (Å²) in [6.45, 7) is 0. The van der Waals surface area contributed by atoms with Crippen LogP contribution in [-0.4, -0.2) is 31.3 Å². The highest BCUT2D eigenvalue weighted by molar-refractivity contribution is 7.99. The largest absolute Gasteiger partial charge is 0.451 e. The second-order valence-corrected chi connectivity index (χ2v) is 5.96. The molecule has 1 atom stereocenters. The lowest BCUT2D eigenvalue weighted by molar-refractivity contribution is 0.540. The molecule has 1 aliphatic rings. The summed E-state index contributed by atoms with van der Waals surface area (Å²) in [5.74, 6) is 4.87. The highest BCUT2D eigenvalue weighted by atomic mass is 32.2. The number of aromatic amines is 1. The Hall–Kier alpha value is -1.95. The predicted octanol–water partition coefficient (Wildman–Crippen LogP) is 3.21. The predicted molar refractivity (Wildman–Crippen MR) is 78.5 cm³/mol. The van der Waals surface area contributed by atoms with E-state index in [1.54, 1.807) is 6.20 Å². The Morgan fingerprint density at radius 1 is 1.25 bits per heavy atom. The van der Waals surface area contributed by atoms with Gasteiger partial charge in [0.25, 0.3) is 0 Å². The number of imidazole rings is 1. The first-order valence-electron chi connectivity index (χ1n) is 6.62. The van der Waals surface area contributed by atoms with Crippen LogP contribution in [0.3, 0.4) is 0 Å². The summed E-state index contributed by atoms with van der Waals surface area (Å²) in [6.07, 6.45) is 6.80. The van der Waals surface area contributed by atoms with E-state index in [2.05, 4.69) is 19.7 Å². The fourth-order valence-electron chi connectivity index (χ4n) is 2.54. The maximum atomic E-state index is 5.91. The van der Waals surface area contributed by atoms with Crippen LogP contribution in [0.5, 0.6) is 0 Å². The molecule has 3 aromatic rings. The average Bonchev–Trinajstić information content (AvgIpc) is 3.23. The molecule has 0 radical (unpaired) electrons. The molecule has 1 unspecified atom stereocenters. The number of hydrogen-bond donors (Lipinski definition) is 1. The molecule has 0 aliphatic carbocycles. The monoisotopic (exact) mass is 286 g/mol. The van der Waals surface area contributed by atoms with Gasteiger partial charge in [0.1, 0.15) is 5.69 Å². The molecular weight excluding hydrogens is 272 g/mol. The molecule has 3 aromatic heterocycles. The zero-order chi connectivity index (χ0) is 13.4. The molecule has 0 aromatic carbocycles. The Kier molecular flexibility index (Phi) is 2.88. The molecule has 0 amide bonds. The molecule has 6 heteroatoms. The third-order valence-corrected chi connectivity index (χ3v) is 4.71. The van der Waals surface area contributed by atoms with Gasteiger partial charge < -0.3 is 8.98 Å². The third kappa shape index (κ3) is 1.96. The van der Waals surface area contributed by atoms with Gasteiger partial charge in [-0.3, -0.25) is 5.10 Å². The van der Waals surface area contributed by atoms with Gasteiger partial charge >= 0.3 is 0 Å². The van der Waals surface area contributed by atoms with Gasteiger partial charge in [0, 0.05) is 30.4 Å². The summed E-state index contributed by atoms with van der Waals surface area (Å²) < 4.78 is 8.14. The number of nitrogens with zero attached hydrogens (tertiary/aromatic N) is 3. The molecule has 1 aliphatic heterocycles. The zero-order valence-electron chi connectivity index (χ0n) is 10.8. The second kappa shape index (κ2) is 4.86. The van der Waals surface area contributed by atoms with E-state index in [-0.39, 0.29) is 0 Å². The fourth-order valence-corrected chi connectivity index (χ4v) is 3.74. The van der Waals surface area contributed by atoms with Gasteiger partial charge in [0.15, 0.2) is 17.3 Å². The first kappa shape index (κ1) is 11.8. The first-order chi connectivity index (χ1) is 9.92. The molecule has 1 saturated heterocycles. The summed E-state index contributed by atoms with van der Waals surface area (Å²) >= 11 is 2.00. The van der Waals surface area contributed by atoms with E-state index in [1.165, 1.54) is 12.2 Å². The molecule has 5 nitrogen and oxygen atoms in total. The quantitative estimate of drug-likeness (QED) is 0.803. The standard InChI is InChI=1S/C14H14N4OS/c1-2-13(19-12(1)11-3-5-16-17-11)14-15-6-7-18(14)10-4-8-20-9-10/h1-3,5-7,10H,4,8-9H2,(H,16,17). The van der Waals surface area contributed by atoms with Crippen molar-refractivity contribution in [1.29, 1.82) is 0 Å². The summed E-state index contributed by atoms with van der Waals surface area (Å²) in [5, 5.41) is 6.85. The number of nitrogens with one attached hydrogen (secondary N) is 1. The number of aromatic nitrogens is 4. The van der Waals surface area contributed by atoms with Crippen molar-refractivity contribution in [2.24, 2.45) is 0 Å². The van der Waals surface area contributed by atoms with E-state index in [0.29, 0.717) is 6.04 Å². The van der Waals surface area contributed by atoms with Gasteiger partial charge in [-0.25, -0.2) is 4.98 Å². The normalized spacial score (nSPS) is 18.7. The van der Waals surface area contributed by atoms with Crippen LogP contribution in [0.2, 0.25) is 0 Å². The Bertz CT molecular complexity index is 694. The molecule has 102 valence electrons. The third-order valence-electron chi connectivity index (χ3n) is 3.56. The van der Waals surface area contributed by atoms with Crippen LogP contribution in [0.25, 0.3) is 23.0 Å². The molecule has 0 spiro atoms. The summed E-state index contributed by atoms with van der Waals surface area (Å²) in [5.41, 5.74) is 0.880. The molecule has 1 fully saturated rings. The van der Waals surface area contributed by atoms with Gasteiger partial charge in [0.2, 0.25) is 0 Å². The minimum Gasteiger partial charge on any atom is -0.451 e. The SMILES string of the molecule is c1cc(-c2ccc(-c3nccn3C3CCSC3)o2)[nH]n1. The molecule has 4 heterocycles. The van der Waals surface area contributed by atoms with Gasteiger partial charge in [-0.2, -0.15) is 16.9 Å². The van der Waals surface area contributed by atoms with Gasteiger partial charge in [-0.1, -0.05) is 0 Å². The summed E-state index contributed by atoms with van der Waals surface area (Å²) in [6, 6.07) is 6.34. The highest BCUT2D eigenvalue weighted by Crippen LogP contribution is 2.33. The topological polar surface area (TPSA) is 59.6 Å². The first-order valence-corrected chi connectivity index (χ1v) is 7.78. The second-order valence-electron chi connectivity index (χ2n) is 4.81. The van der Waals surface area contributed by atoms with Crippen molar-refractivity contribution in [2.75, 3.05) is 11.5 Å². The molecule has 4 rings (SSSR count). The molecule has 20 heavy (non-hydrogen) atoms. The van der Waals surface area contributed by atoms with Crippen LogP contribution in [0.4, 0.5) is 0 Å². The molecule has 0 saturated carbocycles. The summed E-state index contributed by atoms with van der Waals surface area (Å²) in [4.78, 5) is 4.46. The van der Waals surface area contributed by atoms with Crippen LogP contribution in [0.1, 0.15) is 12.5 Å². The smallest absolute Gasteiger partial charge is 0.176 e. The van der Waals surface area contributed by atoms with E-state index < -0.39 is 0 Å². The van der Waals surface area contributed by atoms with Crippen molar-refractivity contribution in [3.63, 3.8) is 0 Å². The van der Waals surface area contributed by atoms with Crippen molar-refractivity contribution in [3.05, 3.63) is 36.8 Å². The zero-order valence-corrected chi connectivity index (χ0v) is 11.6. The maximum Gasteiger partial charge on any atom is 0.176 e. The number of thioether (sulfide) groups is 1. The van der Waals surface area contributed by atoms with Gasteiger partial charge in [-0.15, -0.1) is 0 Å². The lowest BCUT2D eigenvalue weighted by Gasteiger charge is -2.12. The Morgan fingerprint density at radius 2 is 2.20 bits per heavy atom. The minimum absolute atomic E-state index is 0.526. The summed E-state index contributed by atoms with van der Waals surface area (Å²) in [7, 11) is 0. The van der Waals surface area contributed by atoms with Gasteiger partial charge in [-0.05, 0) is 30.4 Å². The molecule has 1 N–H and O–H groups in total. The van der Waals surface area contributed by atoms with Crippen molar-refractivity contribution in [3.8, 4) is 23.0 Å². The van der Waals surface area contributed by atoms with E-state index in [9.17, 15) is 0 Å². The lowest BCUT2D eigenvalue weighted by Crippen LogP contribution is -2.08. The van der Waals surface area contributed by atoms with Crippen molar-refractivity contribution >= 4 is 11.8 Å². The number of hydrogen-bond acceptors (Lipinski definition) is 4. The molecule has 0 bridgehead atoms. The van der Waals surface area contributed by atoms with Crippen LogP contribution < -0.4 is 0 Å². The van der Waals surface area contributed by atoms with Crippen LogP contribution in [-0.2, 0) is 0 Å². The van der Waals surface area contributed by atoms with Crippen LogP contribution >= 0.6 is 11.8 Å². The Labute approximate surface area is 120 Å². The van der Waals surface area contributed by atoms with Crippen molar-refractivity contribution in [1.82, 2.24) is 19.7 Å². The van der Waals surface area contributed by atoms with Crippen molar-refractivity contribution in [2.45, 2.75) is 12.5 Å².